The largest absolute Gasteiger partial charge is 0.396 e. The molecule has 1 aliphatic carbocycles. The predicted octanol–water partition coefficient (Wildman–Crippen LogP) is 2.21. The number of hydrogen-bond acceptors (Lipinski definition) is 3. The van der Waals surface area contributed by atoms with Crippen LogP contribution >= 0.6 is 0 Å². The molecule has 2 unspecified atom stereocenters. The molecule has 1 aromatic heterocycles. The van der Waals surface area contributed by atoms with Crippen LogP contribution in [0.15, 0.2) is 18.2 Å². The molecule has 0 saturated heterocycles. The Morgan fingerprint density at radius 1 is 1.38 bits per heavy atom. The molecule has 0 amide bonds. The van der Waals surface area contributed by atoms with Crippen molar-refractivity contribution in [2.24, 2.45) is 11.8 Å². The third-order valence-electron chi connectivity index (χ3n) is 3.48. The molecule has 3 heteroatoms. The van der Waals surface area contributed by atoms with Crippen molar-refractivity contribution in [2.75, 3.05) is 18.5 Å². The van der Waals surface area contributed by atoms with Gasteiger partial charge < -0.3 is 10.4 Å². The number of aliphatic hydroxyl groups excluding tert-OH is 1. The Hall–Kier alpha value is -1.09. The lowest BCUT2D eigenvalue weighted by Crippen LogP contribution is -2.21. The zero-order valence-electron chi connectivity index (χ0n) is 9.82. The van der Waals surface area contributed by atoms with Gasteiger partial charge in [-0.3, -0.25) is 0 Å². The van der Waals surface area contributed by atoms with E-state index in [2.05, 4.69) is 10.3 Å². The standard InChI is InChI=1S/C13H20N2O/c1-10-4-2-7-13(15-10)14-8-11-5-3-6-12(11)9-16/h2,4,7,11-12,16H,3,5-6,8-9H2,1H3,(H,14,15). The zero-order valence-corrected chi connectivity index (χ0v) is 9.82. The van der Waals surface area contributed by atoms with Gasteiger partial charge in [0, 0.05) is 18.8 Å². The summed E-state index contributed by atoms with van der Waals surface area (Å²) in [6, 6.07) is 6.01. The first-order chi connectivity index (χ1) is 7.79. The highest BCUT2D eigenvalue weighted by atomic mass is 16.3. The zero-order chi connectivity index (χ0) is 11.4. The molecule has 2 N–H and O–H groups in total. The number of anilines is 1. The normalized spacial score (nSPS) is 24.6. The van der Waals surface area contributed by atoms with E-state index in [-0.39, 0.29) is 0 Å². The van der Waals surface area contributed by atoms with Crippen molar-refractivity contribution in [2.45, 2.75) is 26.2 Å². The highest BCUT2D eigenvalue weighted by molar-refractivity contribution is 5.35. The topological polar surface area (TPSA) is 45.1 Å². The summed E-state index contributed by atoms with van der Waals surface area (Å²) in [5, 5.41) is 12.6. The lowest BCUT2D eigenvalue weighted by molar-refractivity contribution is 0.199. The summed E-state index contributed by atoms with van der Waals surface area (Å²) in [5.41, 5.74) is 1.04. The van der Waals surface area contributed by atoms with Gasteiger partial charge in [0.05, 0.1) is 0 Å². The van der Waals surface area contributed by atoms with Crippen molar-refractivity contribution in [3.8, 4) is 0 Å². The number of pyridine rings is 1. The fraction of sp³-hybridized carbons (Fsp3) is 0.615. The molecule has 2 rings (SSSR count). The lowest BCUT2D eigenvalue weighted by Gasteiger charge is -2.18. The van der Waals surface area contributed by atoms with Gasteiger partial charge in [-0.1, -0.05) is 12.5 Å². The van der Waals surface area contributed by atoms with Crippen LogP contribution < -0.4 is 5.32 Å². The summed E-state index contributed by atoms with van der Waals surface area (Å²) in [6.45, 7) is 3.26. The van der Waals surface area contributed by atoms with Gasteiger partial charge >= 0.3 is 0 Å². The average Bonchev–Trinajstić information content (AvgIpc) is 2.74. The highest BCUT2D eigenvalue weighted by Crippen LogP contribution is 2.31. The molecule has 0 spiro atoms. The second kappa shape index (κ2) is 5.30. The first-order valence-corrected chi connectivity index (χ1v) is 6.08. The van der Waals surface area contributed by atoms with Gasteiger partial charge in [-0.25, -0.2) is 4.98 Å². The van der Waals surface area contributed by atoms with E-state index in [0.717, 1.165) is 18.1 Å². The number of aliphatic hydroxyl groups is 1. The Labute approximate surface area is 96.9 Å². The number of hydrogen-bond donors (Lipinski definition) is 2. The minimum absolute atomic E-state index is 0.327. The van der Waals surface area contributed by atoms with Crippen molar-refractivity contribution in [3.05, 3.63) is 23.9 Å². The van der Waals surface area contributed by atoms with E-state index in [0.29, 0.717) is 18.4 Å². The molecule has 1 heterocycles. The summed E-state index contributed by atoms with van der Waals surface area (Å²) < 4.78 is 0. The molecule has 1 saturated carbocycles. The van der Waals surface area contributed by atoms with E-state index in [1.807, 2.05) is 25.1 Å². The van der Waals surface area contributed by atoms with Gasteiger partial charge in [0.15, 0.2) is 0 Å². The molecule has 16 heavy (non-hydrogen) atoms. The van der Waals surface area contributed by atoms with Crippen LogP contribution in [0.5, 0.6) is 0 Å². The number of aryl methyl sites for hydroxylation is 1. The number of nitrogens with one attached hydrogen (secondary N) is 1. The fourth-order valence-electron chi connectivity index (χ4n) is 2.50. The van der Waals surface area contributed by atoms with Crippen molar-refractivity contribution in [3.63, 3.8) is 0 Å². The van der Waals surface area contributed by atoms with E-state index in [1.54, 1.807) is 0 Å². The van der Waals surface area contributed by atoms with Crippen LogP contribution in [0.2, 0.25) is 0 Å². The second-order valence-electron chi connectivity index (χ2n) is 4.68. The molecule has 3 nitrogen and oxygen atoms in total. The van der Waals surface area contributed by atoms with Crippen molar-refractivity contribution in [1.82, 2.24) is 4.98 Å². The van der Waals surface area contributed by atoms with E-state index < -0.39 is 0 Å². The smallest absolute Gasteiger partial charge is 0.126 e. The Balaban J connectivity index is 1.87. The summed E-state index contributed by atoms with van der Waals surface area (Å²) in [7, 11) is 0. The molecule has 0 bridgehead atoms. The number of aromatic nitrogens is 1. The predicted molar refractivity (Wildman–Crippen MR) is 65.4 cm³/mol. The van der Waals surface area contributed by atoms with E-state index in [4.69, 9.17) is 0 Å². The van der Waals surface area contributed by atoms with Gasteiger partial charge in [0.25, 0.3) is 0 Å². The average molecular weight is 220 g/mol. The highest BCUT2D eigenvalue weighted by Gasteiger charge is 2.26. The minimum Gasteiger partial charge on any atom is -0.396 e. The van der Waals surface area contributed by atoms with Gasteiger partial charge in [0.1, 0.15) is 5.82 Å². The molecular weight excluding hydrogens is 200 g/mol. The van der Waals surface area contributed by atoms with Gasteiger partial charge in [0.2, 0.25) is 0 Å². The van der Waals surface area contributed by atoms with Crippen LogP contribution in [0.25, 0.3) is 0 Å². The van der Waals surface area contributed by atoms with Crippen LogP contribution in [-0.4, -0.2) is 23.2 Å². The van der Waals surface area contributed by atoms with E-state index in [1.165, 1.54) is 19.3 Å². The molecule has 1 aliphatic rings. The molecule has 1 fully saturated rings. The lowest BCUT2D eigenvalue weighted by atomic mass is 9.97. The van der Waals surface area contributed by atoms with Gasteiger partial charge in [-0.15, -0.1) is 0 Å². The maximum absolute atomic E-state index is 9.23. The van der Waals surface area contributed by atoms with Crippen molar-refractivity contribution < 1.29 is 5.11 Å². The summed E-state index contributed by atoms with van der Waals surface area (Å²) in [6.07, 6.45) is 3.65. The van der Waals surface area contributed by atoms with Gasteiger partial charge in [-0.05, 0) is 43.7 Å². The Kier molecular flexibility index (Phi) is 3.78. The van der Waals surface area contributed by atoms with E-state index in [9.17, 15) is 5.11 Å². The SMILES string of the molecule is Cc1cccc(NCC2CCCC2CO)n1. The third-order valence-corrected chi connectivity index (χ3v) is 3.48. The Morgan fingerprint density at radius 2 is 2.19 bits per heavy atom. The molecule has 88 valence electrons. The van der Waals surface area contributed by atoms with Crippen LogP contribution in [0.1, 0.15) is 25.0 Å². The molecular formula is C13H20N2O. The first-order valence-electron chi connectivity index (χ1n) is 6.08. The van der Waals surface area contributed by atoms with Crippen molar-refractivity contribution >= 4 is 5.82 Å². The summed E-state index contributed by atoms with van der Waals surface area (Å²) >= 11 is 0. The minimum atomic E-state index is 0.327. The molecule has 0 radical (unpaired) electrons. The Morgan fingerprint density at radius 3 is 2.94 bits per heavy atom. The van der Waals surface area contributed by atoms with Crippen LogP contribution in [0, 0.1) is 18.8 Å². The second-order valence-corrected chi connectivity index (χ2v) is 4.68. The monoisotopic (exact) mass is 220 g/mol. The number of nitrogens with zero attached hydrogens (tertiary/aromatic N) is 1. The molecule has 0 aromatic carbocycles. The Bertz CT molecular complexity index is 340. The quantitative estimate of drug-likeness (QED) is 0.817. The van der Waals surface area contributed by atoms with Crippen LogP contribution in [-0.2, 0) is 0 Å². The fourth-order valence-corrected chi connectivity index (χ4v) is 2.50. The molecule has 1 aromatic rings. The maximum atomic E-state index is 9.23. The first kappa shape index (κ1) is 11.4. The molecule has 0 aliphatic heterocycles. The maximum Gasteiger partial charge on any atom is 0.126 e. The molecule has 2 atom stereocenters. The van der Waals surface area contributed by atoms with Gasteiger partial charge in [-0.2, -0.15) is 0 Å². The van der Waals surface area contributed by atoms with Crippen LogP contribution in [0.3, 0.4) is 0 Å². The van der Waals surface area contributed by atoms with Crippen molar-refractivity contribution in [1.29, 1.82) is 0 Å². The number of rotatable bonds is 4. The third kappa shape index (κ3) is 2.73. The van der Waals surface area contributed by atoms with Crippen LogP contribution in [0.4, 0.5) is 5.82 Å². The van der Waals surface area contributed by atoms with E-state index >= 15 is 0 Å². The summed E-state index contributed by atoms with van der Waals surface area (Å²) in [4.78, 5) is 4.41. The summed E-state index contributed by atoms with van der Waals surface area (Å²) in [5.74, 6) is 2.04.